The molecule has 0 saturated heterocycles. The molecule has 0 aromatic carbocycles. The number of carbonyl (C=O) groups is 2. The fourth-order valence-electron chi connectivity index (χ4n) is 1.91. The quantitative estimate of drug-likeness (QED) is 0.755. The fraction of sp³-hybridized carbons (Fsp3) is 0.562. The number of pyridine rings is 1. The second-order valence-electron chi connectivity index (χ2n) is 5.50. The van der Waals surface area contributed by atoms with Gasteiger partial charge in [0.15, 0.2) is 0 Å². The molecule has 0 aliphatic carbocycles. The lowest BCUT2D eigenvalue weighted by atomic mass is 9.98. The van der Waals surface area contributed by atoms with Gasteiger partial charge in [-0.2, -0.15) is 0 Å². The largest absolute Gasteiger partial charge is 0.461 e. The number of esters is 1. The van der Waals surface area contributed by atoms with E-state index >= 15 is 0 Å². The summed E-state index contributed by atoms with van der Waals surface area (Å²) in [6.45, 7) is 7.46. The summed E-state index contributed by atoms with van der Waals surface area (Å²) in [5, 5.41) is 5.65. The van der Waals surface area contributed by atoms with Gasteiger partial charge < -0.3 is 15.4 Å². The van der Waals surface area contributed by atoms with Crippen molar-refractivity contribution in [3.05, 3.63) is 23.9 Å². The van der Waals surface area contributed by atoms with Crippen molar-refractivity contribution in [1.82, 2.24) is 10.3 Å². The van der Waals surface area contributed by atoms with Crippen molar-refractivity contribution >= 4 is 17.7 Å². The highest BCUT2D eigenvalue weighted by Crippen LogP contribution is 2.13. The van der Waals surface area contributed by atoms with E-state index in [1.165, 1.54) is 0 Å². The van der Waals surface area contributed by atoms with Crippen LogP contribution in [0.1, 0.15) is 44.5 Å². The number of rotatable bonds is 7. The summed E-state index contributed by atoms with van der Waals surface area (Å²) >= 11 is 0. The minimum absolute atomic E-state index is 0.0131. The Bertz CT molecular complexity index is 517. The van der Waals surface area contributed by atoms with Gasteiger partial charge in [0.2, 0.25) is 0 Å². The number of hydrogen-bond donors (Lipinski definition) is 2. The highest BCUT2D eigenvalue weighted by molar-refractivity contribution is 5.97. The average Bonchev–Trinajstić information content (AvgIpc) is 2.50. The molecule has 1 heterocycles. The van der Waals surface area contributed by atoms with Crippen LogP contribution in [0.25, 0.3) is 0 Å². The van der Waals surface area contributed by atoms with Crippen LogP contribution in [0.2, 0.25) is 0 Å². The summed E-state index contributed by atoms with van der Waals surface area (Å²) in [6, 6.07) is 2.58. The predicted molar refractivity (Wildman–Crippen MR) is 85.7 cm³/mol. The van der Waals surface area contributed by atoms with E-state index in [4.69, 9.17) is 4.74 Å². The molecule has 6 heteroatoms. The summed E-state index contributed by atoms with van der Waals surface area (Å²) in [6.07, 6.45) is 2.09. The van der Waals surface area contributed by atoms with E-state index in [-0.39, 0.29) is 17.9 Å². The Kier molecular flexibility index (Phi) is 6.82. The first kappa shape index (κ1) is 17.9. The number of ether oxygens (including phenoxy) is 1. The summed E-state index contributed by atoms with van der Waals surface area (Å²) in [7, 11) is 1.73. The van der Waals surface area contributed by atoms with Crippen LogP contribution in [0.4, 0.5) is 5.82 Å². The second-order valence-corrected chi connectivity index (χ2v) is 5.50. The minimum atomic E-state index is -0.661. The van der Waals surface area contributed by atoms with Gasteiger partial charge in [-0.15, -0.1) is 0 Å². The van der Waals surface area contributed by atoms with E-state index in [0.717, 1.165) is 6.42 Å². The Morgan fingerprint density at radius 1 is 1.32 bits per heavy atom. The smallest absolute Gasteiger partial charge is 0.329 e. The van der Waals surface area contributed by atoms with E-state index in [0.29, 0.717) is 11.4 Å². The molecular formula is C16H25N3O3. The van der Waals surface area contributed by atoms with Gasteiger partial charge in [-0.25, -0.2) is 9.78 Å². The molecule has 0 radical (unpaired) electrons. The molecule has 2 atom stereocenters. The molecule has 2 N–H and O–H groups in total. The number of hydrogen-bond acceptors (Lipinski definition) is 5. The SMILES string of the molecule is CC[C@H](C)[C@H](NC(=O)c1ccnc(NC)c1)C(=O)OC(C)C. The van der Waals surface area contributed by atoms with E-state index in [1.54, 1.807) is 39.2 Å². The molecule has 0 unspecified atom stereocenters. The van der Waals surface area contributed by atoms with E-state index in [1.807, 2.05) is 13.8 Å². The second kappa shape index (κ2) is 8.36. The summed E-state index contributed by atoms with van der Waals surface area (Å²) in [5.41, 5.74) is 0.449. The maximum Gasteiger partial charge on any atom is 0.329 e. The fourth-order valence-corrected chi connectivity index (χ4v) is 1.91. The zero-order valence-corrected chi connectivity index (χ0v) is 13.8. The van der Waals surface area contributed by atoms with Crippen molar-refractivity contribution in [3.8, 4) is 0 Å². The van der Waals surface area contributed by atoms with Gasteiger partial charge in [-0.3, -0.25) is 4.79 Å². The molecule has 1 rings (SSSR count). The molecule has 1 amide bonds. The topological polar surface area (TPSA) is 80.3 Å². The van der Waals surface area contributed by atoms with Gasteiger partial charge in [-0.05, 0) is 31.9 Å². The van der Waals surface area contributed by atoms with E-state index in [2.05, 4.69) is 15.6 Å². The first-order chi connectivity index (χ1) is 10.4. The lowest BCUT2D eigenvalue weighted by Gasteiger charge is -2.23. The van der Waals surface area contributed by atoms with Crippen LogP contribution in [0.3, 0.4) is 0 Å². The van der Waals surface area contributed by atoms with Gasteiger partial charge in [-0.1, -0.05) is 20.3 Å². The third-order valence-corrected chi connectivity index (χ3v) is 3.38. The first-order valence-electron chi connectivity index (χ1n) is 7.54. The van der Waals surface area contributed by atoms with Crippen LogP contribution >= 0.6 is 0 Å². The standard InChI is InChI=1S/C16H25N3O3/c1-6-11(4)14(16(21)22-10(2)3)19-15(20)12-7-8-18-13(9-12)17-5/h7-11,14H,6H2,1-5H3,(H,17,18)(H,19,20)/t11-,14-/m0/s1. The third-order valence-electron chi connectivity index (χ3n) is 3.38. The van der Waals surface area contributed by atoms with Crippen LogP contribution in [0.15, 0.2) is 18.3 Å². The third kappa shape index (κ3) is 5.02. The molecule has 0 bridgehead atoms. The van der Waals surface area contributed by atoms with Crippen LogP contribution in [0, 0.1) is 5.92 Å². The van der Waals surface area contributed by atoms with Crippen LogP contribution in [-0.4, -0.2) is 36.1 Å². The normalized spacial score (nSPS) is 13.4. The maximum absolute atomic E-state index is 12.4. The first-order valence-corrected chi connectivity index (χ1v) is 7.54. The molecule has 0 aliphatic heterocycles. The molecule has 122 valence electrons. The number of anilines is 1. The van der Waals surface area contributed by atoms with Gasteiger partial charge in [0, 0.05) is 18.8 Å². The zero-order valence-electron chi connectivity index (χ0n) is 13.8. The number of nitrogens with zero attached hydrogens (tertiary/aromatic N) is 1. The average molecular weight is 307 g/mol. The molecule has 0 saturated carbocycles. The predicted octanol–water partition coefficient (Wildman–Crippen LogP) is 2.22. The summed E-state index contributed by atoms with van der Waals surface area (Å²) < 4.78 is 5.24. The van der Waals surface area contributed by atoms with Crippen molar-refractivity contribution in [1.29, 1.82) is 0 Å². The minimum Gasteiger partial charge on any atom is -0.461 e. The van der Waals surface area contributed by atoms with Crippen LogP contribution in [-0.2, 0) is 9.53 Å². The van der Waals surface area contributed by atoms with Crippen molar-refractivity contribution in [2.75, 3.05) is 12.4 Å². The van der Waals surface area contributed by atoms with Crippen LogP contribution in [0.5, 0.6) is 0 Å². The number of nitrogens with one attached hydrogen (secondary N) is 2. The Balaban J connectivity index is 2.88. The molecule has 1 aromatic rings. The Labute approximate surface area is 131 Å². The van der Waals surface area contributed by atoms with Gasteiger partial charge >= 0.3 is 5.97 Å². The molecule has 1 aromatic heterocycles. The Morgan fingerprint density at radius 2 is 2.00 bits per heavy atom. The number of carbonyl (C=O) groups excluding carboxylic acids is 2. The Morgan fingerprint density at radius 3 is 2.55 bits per heavy atom. The van der Waals surface area contributed by atoms with Crippen molar-refractivity contribution in [2.24, 2.45) is 5.92 Å². The van der Waals surface area contributed by atoms with Crippen molar-refractivity contribution in [2.45, 2.75) is 46.3 Å². The zero-order chi connectivity index (χ0) is 16.7. The molecule has 0 spiro atoms. The molecule has 0 aliphatic rings. The van der Waals surface area contributed by atoms with E-state index < -0.39 is 12.0 Å². The number of aromatic nitrogens is 1. The van der Waals surface area contributed by atoms with Crippen LogP contribution < -0.4 is 10.6 Å². The van der Waals surface area contributed by atoms with Gasteiger partial charge in [0.25, 0.3) is 5.91 Å². The molecular weight excluding hydrogens is 282 g/mol. The Hall–Kier alpha value is -2.11. The monoisotopic (exact) mass is 307 g/mol. The lowest BCUT2D eigenvalue weighted by Crippen LogP contribution is -2.46. The summed E-state index contributed by atoms with van der Waals surface area (Å²) in [5.74, 6) is -0.135. The van der Waals surface area contributed by atoms with E-state index in [9.17, 15) is 9.59 Å². The van der Waals surface area contributed by atoms with Crippen molar-refractivity contribution in [3.63, 3.8) is 0 Å². The maximum atomic E-state index is 12.4. The summed E-state index contributed by atoms with van der Waals surface area (Å²) in [4.78, 5) is 28.6. The molecule has 6 nitrogen and oxygen atoms in total. The highest BCUT2D eigenvalue weighted by atomic mass is 16.5. The van der Waals surface area contributed by atoms with Gasteiger partial charge in [0.05, 0.1) is 6.10 Å². The van der Waals surface area contributed by atoms with Crippen molar-refractivity contribution < 1.29 is 14.3 Å². The lowest BCUT2D eigenvalue weighted by molar-refractivity contribution is -0.151. The highest BCUT2D eigenvalue weighted by Gasteiger charge is 2.28. The molecule has 0 fully saturated rings. The molecule has 22 heavy (non-hydrogen) atoms. The number of amides is 1. The van der Waals surface area contributed by atoms with Gasteiger partial charge in [0.1, 0.15) is 11.9 Å².